The molecule has 0 saturated carbocycles. The SMILES string of the molecule is COC(=O)CCCNC(=O)[C@@H](CC(C)C)NC(=O)c1ccc(C(C)(C)C)cc1. The highest BCUT2D eigenvalue weighted by molar-refractivity contribution is 5.97. The molecule has 0 aliphatic carbocycles. The summed E-state index contributed by atoms with van der Waals surface area (Å²) in [6.45, 7) is 10.7. The van der Waals surface area contributed by atoms with E-state index < -0.39 is 6.04 Å². The van der Waals surface area contributed by atoms with E-state index in [4.69, 9.17) is 0 Å². The van der Waals surface area contributed by atoms with Crippen LogP contribution in [-0.2, 0) is 19.7 Å². The van der Waals surface area contributed by atoms with Crippen molar-refractivity contribution in [3.05, 3.63) is 35.4 Å². The highest BCUT2D eigenvalue weighted by Gasteiger charge is 2.23. The number of benzene rings is 1. The summed E-state index contributed by atoms with van der Waals surface area (Å²) in [5.74, 6) is -0.566. The number of methoxy groups -OCH3 is 1. The average Bonchev–Trinajstić information content (AvgIpc) is 2.63. The molecule has 6 nitrogen and oxygen atoms in total. The average molecular weight is 391 g/mol. The van der Waals surface area contributed by atoms with Gasteiger partial charge in [0.25, 0.3) is 5.91 Å². The molecule has 2 amide bonds. The molecule has 0 unspecified atom stereocenters. The number of ether oxygens (including phenoxy) is 1. The second kappa shape index (κ2) is 10.8. The zero-order chi connectivity index (χ0) is 21.3. The van der Waals surface area contributed by atoms with Gasteiger partial charge in [0.05, 0.1) is 7.11 Å². The van der Waals surface area contributed by atoms with E-state index in [1.807, 2.05) is 26.0 Å². The van der Waals surface area contributed by atoms with E-state index in [0.29, 0.717) is 24.9 Å². The molecule has 0 spiro atoms. The topological polar surface area (TPSA) is 84.5 Å². The molecule has 1 atom stereocenters. The minimum Gasteiger partial charge on any atom is -0.469 e. The Balaban J connectivity index is 2.70. The van der Waals surface area contributed by atoms with Gasteiger partial charge in [0, 0.05) is 18.5 Å². The minimum absolute atomic E-state index is 0.0132. The molecule has 1 rings (SSSR count). The lowest BCUT2D eigenvalue weighted by molar-refractivity contribution is -0.140. The van der Waals surface area contributed by atoms with Crippen LogP contribution in [-0.4, -0.2) is 37.5 Å². The van der Waals surface area contributed by atoms with Crippen LogP contribution in [0.25, 0.3) is 0 Å². The van der Waals surface area contributed by atoms with E-state index in [9.17, 15) is 14.4 Å². The predicted molar refractivity (Wildman–Crippen MR) is 110 cm³/mol. The largest absolute Gasteiger partial charge is 0.469 e. The molecule has 2 N–H and O–H groups in total. The number of rotatable bonds is 9. The van der Waals surface area contributed by atoms with Gasteiger partial charge in [0.15, 0.2) is 0 Å². The van der Waals surface area contributed by atoms with Crippen LogP contribution in [0.4, 0.5) is 0 Å². The summed E-state index contributed by atoms with van der Waals surface area (Å²) in [7, 11) is 1.34. The molecule has 1 aromatic rings. The smallest absolute Gasteiger partial charge is 0.305 e. The monoisotopic (exact) mass is 390 g/mol. The van der Waals surface area contributed by atoms with Gasteiger partial charge in [-0.25, -0.2) is 0 Å². The van der Waals surface area contributed by atoms with E-state index in [1.54, 1.807) is 12.1 Å². The molecule has 0 fully saturated rings. The van der Waals surface area contributed by atoms with Crippen molar-refractivity contribution in [2.45, 2.75) is 65.3 Å². The quantitative estimate of drug-likeness (QED) is 0.501. The van der Waals surface area contributed by atoms with Crippen molar-refractivity contribution in [2.75, 3.05) is 13.7 Å². The molecule has 0 heterocycles. The molecule has 0 bridgehead atoms. The summed E-state index contributed by atoms with van der Waals surface area (Å²) < 4.78 is 4.58. The maximum atomic E-state index is 12.6. The van der Waals surface area contributed by atoms with Crippen molar-refractivity contribution in [1.82, 2.24) is 10.6 Å². The van der Waals surface area contributed by atoms with Crippen LogP contribution in [0.2, 0.25) is 0 Å². The molecule has 0 saturated heterocycles. The Morgan fingerprint density at radius 1 is 1.07 bits per heavy atom. The van der Waals surface area contributed by atoms with Crippen molar-refractivity contribution in [3.63, 3.8) is 0 Å². The fourth-order valence-corrected chi connectivity index (χ4v) is 2.74. The number of esters is 1. The summed E-state index contributed by atoms with van der Waals surface area (Å²) in [6.07, 6.45) is 1.28. The first-order chi connectivity index (χ1) is 13.0. The lowest BCUT2D eigenvalue weighted by atomic mass is 9.86. The van der Waals surface area contributed by atoms with E-state index in [1.165, 1.54) is 7.11 Å². The lowest BCUT2D eigenvalue weighted by Crippen LogP contribution is -2.47. The number of amides is 2. The van der Waals surface area contributed by atoms with Gasteiger partial charge in [-0.05, 0) is 41.9 Å². The third-order valence-corrected chi connectivity index (χ3v) is 4.43. The predicted octanol–water partition coefficient (Wildman–Crippen LogP) is 3.20. The van der Waals surface area contributed by atoms with Crippen LogP contribution in [0.5, 0.6) is 0 Å². The second-order valence-corrected chi connectivity index (χ2v) is 8.45. The van der Waals surface area contributed by atoms with Crippen molar-refractivity contribution >= 4 is 17.8 Å². The molecular weight excluding hydrogens is 356 g/mol. The zero-order valence-corrected chi connectivity index (χ0v) is 17.9. The van der Waals surface area contributed by atoms with Crippen molar-refractivity contribution < 1.29 is 19.1 Å². The third kappa shape index (κ3) is 8.11. The Bertz CT molecular complexity index is 660. The summed E-state index contributed by atoms with van der Waals surface area (Å²) >= 11 is 0. The highest BCUT2D eigenvalue weighted by Crippen LogP contribution is 2.22. The maximum Gasteiger partial charge on any atom is 0.305 e. The standard InChI is InChI=1S/C22H34N2O4/c1-15(2)14-18(21(27)23-13-7-8-19(25)28-6)24-20(26)16-9-11-17(12-10-16)22(3,4)5/h9-12,15,18H,7-8,13-14H2,1-6H3,(H,23,27)(H,24,26)/t18-/m1/s1. The Labute approximate surface area is 168 Å². The summed E-state index contributed by atoms with van der Waals surface area (Å²) in [6, 6.07) is 6.85. The van der Waals surface area contributed by atoms with Crippen molar-refractivity contribution in [1.29, 1.82) is 0 Å². The molecule has 0 radical (unpaired) electrons. The highest BCUT2D eigenvalue weighted by atomic mass is 16.5. The maximum absolute atomic E-state index is 12.6. The van der Waals surface area contributed by atoms with Gasteiger partial charge < -0.3 is 15.4 Å². The van der Waals surface area contributed by atoms with Gasteiger partial charge in [-0.1, -0.05) is 46.8 Å². The van der Waals surface area contributed by atoms with Crippen LogP contribution < -0.4 is 10.6 Å². The Kier molecular flexibility index (Phi) is 9.16. The number of carbonyl (C=O) groups excluding carboxylic acids is 3. The van der Waals surface area contributed by atoms with Gasteiger partial charge in [0.1, 0.15) is 6.04 Å². The fraction of sp³-hybridized carbons (Fsp3) is 0.591. The molecule has 1 aromatic carbocycles. The number of nitrogens with one attached hydrogen (secondary N) is 2. The van der Waals surface area contributed by atoms with Crippen LogP contribution in [0, 0.1) is 5.92 Å². The number of hydrogen-bond donors (Lipinski definition) is 2. The van der Waals surface area contributed by atoms with Gasteiger partial charge in [-0.3, -0.25) is 14.4 Å². The van der Waals surface area contributed by atoms with Gasteiger partial charge >= 0.3 is 5.97 Å². The van der Waals surface area contributed by atoms with Crippen LogP contribution in [0.15, 0.2) is 24.3 Å². The lowest BCUT2D eigenvalue weighted by Gasteiger charge is -2.21. The Morgan fingerprint density at radius 3 is 2.18 bits per heavy atom. The molecule has 6 heteroatoms. The normalized spacial score (nSPS) is 12.4. The first-order valence-corrected chi connectivity index (χ1v) is 9.80. The fourth-order valence-electron chi connectivity index (χ4n) is 2.74. The summed E-state index contributed by atoms with van der Waals surface area (Å²) in [4.78, 5) is 36.2. The van der Waals surface area contributed by atoms with E-state index in [0.717, 1.165) is 5.56 Å². The second-order valence-electron chi connectivity index (χ2n) is 8.45. The minimum atomic E-state index is -0.618. The number of hydrogen-bond acceptors (Lipinski definition) is 4. The van der Waals surface area contributed by atoms with Crippen molar-refractivity contribution in [3.8, 4) is 0 Å². The van der Waals surface area contributed by atoms with Crippen LogP contribution in [0.3, 0.4) is 0 Å². The van der Waals surface area contributed by atoms with E-state index in [-0.39, 0.29) is 35.5 Å². The molecule has 156 valence electrons. The molecule has 0 aliphatic heterocycles. The third-order valence-electron chi connectivity index (χ3n) is 4.43. The Morgan fingerprint density at radius 2 is 1.68 bits per heavy atom. The van der Waals surface area contributed by atoms with Crippen molar-refractivity contribution in [2.24, 2.45) is 5.92 Å². The molecular formula is C22H34N2O4. The molecule has 28 heavy (non-hydrogen) atoms. The van der Waals surface area contributed by atoms with Crippen LogP contribution >= 0.6 is 0 Å². The Hall–Kier alpha value is -2.37. The van der Waals surface area contributed by atoms with Gasteiger partial charge in [-0.15, -0.1) is 0 Å². The first kappa shape index (κ1) is 23.7. The number of carbonyl (C=O) groups is 3. The summed E-state index contributed by atoms with van der Waals surface area (Å²) in [5.41, 5.74) is 1.69. The van der Waals surface area contributed by atoms with E-state index in [2.05, 4.69) is 36.1 Å². The molecule has 0 aliphatic rings. The van der Waals surface area contributed by atoms with Crippen LogP contribution in [0.1, 0.15) is 69.8 Å². The van der Waals surface area contributed by atoms with Gasteiger partial charge in [-0.2, -0.15) is 0 Å². The first-order valence-electron chi connectivity index (χ1n) is 9.80. The van der Waals surface area contributed by atoms with E-state index >= 15 is 0 Å². The summed E-state index contributed by atoms with van der Waals surface area (Å²) in [5, 5.41) is 5.63. The molecule has 0 aromatic heterocycles. The van der Waals surface area contributed by atoms with Gasteiger partial charge in [0.2, 0.25) is 5.91 Å². The zero-order valence-electron chi connectivity index (χ0n) is 17.9.